The molecule has 0 fully saturated rings. The van der Waals surface area contributed by atoms with Gasteiger partial charge in [0.1, 0.15) is 5.84 Å². The number of amides is 1. The largest absolute Gasteiger partial charge is 0.358 e. The number of halogens is 1. The second-order valence-corrected chi connectivity index (χ2v) is 8.81. The van der Waals surface area contributed by atoms with Crippen LogP contribution in [0.5, 0.6) is 0 Å². The molecule has 0 atom stereocenters. The topological polar surface area (TPSA) is 53.7 Å². The number of aryl methyl sites for hydroxylation is 1. The summed E-state index contributed by atoms with van der Waals surface area (Å²) in [4.78, 5) is 22.3. The monoisotopic (exact) mass is 441 g/mol. The van der Waals surface area contributed by atoms with Crippen molar-refractivity contribution in [2.45, 2.75) is 20.3 Å². The van der Waals surface area contributed by atoms with Gasteiger partial charge in [0.25, 0.3) is 5.91 Å². The maximum absolute atomic E-state index is 13.2. The number of aromatic nitrogens is 2. The SMILES string of the molecule is CCc1cc(Cl)sc1C(=O)N(CC)c1cnn(-c2ccc(C3=NCCN3C)cc2)c1. The highest BCUT2D eigenvalue weighted by atomic mass is 35.5. The van der Waals surface area contributed by atoms with Crippen LogP contribution >= 0.6 is 22.9 Å². The van der Waals surface area contributed by atoms with Crippen LogP contribution < -0.4 is 4.90 Å². The van der Waals surface area contributed by atoms with E-state index in [1.54, 1.807) is 15.8 Å². The van der Waals surface area contributed by atoms with Crippen molar-refractivity contribution in [1.82, 2.24) is 14.7 Å². The first-order chi connectivity index (χ1) is 14.5. The van der Waals surface area contributed by atoms with Gasteiger partial charge in [-0.2, -0.15) is 5.10 Å². The molecule has 0 aliphatic carbocycles. The minimum absolute atomic E-state index is 0.0385. The van der Waals surface area contributed by atoms with Crippen LogP contribution in [0.25, 0.3) is 5.69 Å². The molecule has 4 rings (SSSR count). The predicted octanol–water partition coefficient (Wildman–Crippen LogP) is 4.51. The number of benzene rings is 1. The van der Waals surface area contributed by atoms with Gasteiger partial charge in [0.2, 0.25) is 0 Å². The highest BCUT2D eigenvalue weighted by Crippen LogP contribution is 2.30. The van der Waals surface area contributed by atoms with Crippen LogP contribution in [-0.4, -0.2) is 53.1 Å². The Bertz CT molecular complexity index is 1090. The molecule has 0 unspecified atom stereocenters. The van der Waals surface area contributed by atoms with E-state index in [0.717, 1.165) is 47.8 Å². The molecular weight excluding hydrogens is 418 g/mol. The highest BCUT2D eigenvalue weighted by molar-refractivity contribution is 7.18. The predicted molar refractivity (Wildman–Crippen MR) is 124 cm³/mol. The normalized spacial score (nSPS) is 13.6. The van der Waals surface area contributed by atoms with Gasteiger partial charge >= 0.3 is 0 Å². The Morgan fingerprint density at radius 2 is 2.03 bits per heavy atom. The lowest BCUT2D eigenvalue weighted by atomic mass is 10.2. The van der Waals surface area contributed by atoms with Crippen LogP contribution in [0.1, 0.15) is 34.6 Å². The van der Waals surface area contributed by atoms with E-state index in [2.05, 4.69) is 34.2 Å². The van der Waals surface area contributed by atoms with Gasteiger partial charge in [-0.1, -0.05) is 18.5 Å². The van der Waals surface area contributed by atoms with Crippen molar-refractivity contribution in [3.05, 3.63) is 63.1 Å². The third kappa shape index (κ3) is 3.87. The van der Waals surface area contributed by atoms with Gasteiger partial charge < -0.3 is 9.80 Å². The average molecular weight is 442 g/mol. The van der Waals surface area contributed by atoms with Crippen LogP contribution in [0.3, 0.4) is 0 Å². The Balaban J connectivity index is 1.57. The summed E-state index contributed by atoms with van der Waals surface area (Å²) in [6.07, 6.45) is 4.38. The smallest absolute Gasteiger partial charge is 0.268 e. The molecule has 0 radical (unpaired) electrons. The summed E-state index contributed by atoms with van der Waals surface area (Å²) in [5.74, 6) is 0.982. The minimum atomic E-state index is -0.0385. The van der Waals surface area contributed by atoms with Gasteiger partial charge in [0, 0.05) is 25.7 Å². The van der Waals surface area contributed by atoms with Crippen LogP contribution in [0.4, 0.5) is 5.69 Å². The standard InChI is InChI=1S/C22H24ClN5OS/c1-4-15-12-19(23)30-20(15)22(29)27(5-2)18-13-25-28(14-18)17-8-6-16(7-9-17)21-24-10-11-26(21)3/h6-9,12-14H,4-5,10-11H2,1-3H3. The van der Waals surface area contributed by atoms with Crippen molar-refractivity contribution < 1.29 is 4.79 Å². The second kappa shape index (κ2) is 8.62. The molecule has 0 saturated heterocycles. The molecule has 30 heavy (non-hydrogen) atoms. The third-order valence-corrected chi connectivity index (χ3v) is 6.54. The van der Waals surface area contributed by atoms with Gasteiger partial charge in [0.15, 0.2) is 0 Å². The molecule has 3 aromatic rings. The van der Waals surface area contributed by atoms with E-state index >= 15 is 0 Å². The van der Waals surface area contributed by atoms with Crippen LogP contribution in [0, 0.1) is 0 Å². The number of carbonyl (C=O) groups excluding carboxylic acids is 1. The molecule has 2 aromatic heterocycles. The summed E-state index contributed by atoms with van der Waals surface area (Å²) in [6, 6.07) is 10.0. The van der Waals surface area contributed by atoms with E-state index < -0.39 is 0 Å². The van der Waals surface area contributed by atoms with Crippen LogP contribution in [0.15, 0.2) is 47.7 Å². The number of thiophene rings is 1. The van der Waals surface area contributed by atoms with Crippen molar-refractivity contribution in [2.75, 3.05) is 31.6 Å². The average Bonchev–Trinajstić information content (AvgIpc) is 3.48. The van der Waals surface area contributed by atoms with Crippen LogP contribution in [0.2, 0.25) is 4.34 Å². The Kier molecular flexibility index (Phi) is 5.92. The molecule has 1 amide bonds. The molecule has 0 spiro atoms. The van der Waals surface area contributed by atoms with Crippen molar-refractivity contribution in [3.63, 3.8) is 0 Å². The molecule has 0 saturated carbocycles. The summed E-state index contributed by atoms with van der Waals surface area (Å²) in [5.41, 5.74) is 3.77. The number of hydrogen-bond donors (Lipinski definition) is 0. The second-order valence-electron chi connectivity index (χ2n) is 7.12. The zero-order chi connectivity index (χ0) is 21.3. The van der Waals surface area contributed by atoms with Crippen molar-refractivity contribution in [3.8, 4) is 5.69 Å². The van der Waals surface area contributed by atoms with Crippen molar-refractivity contribution in [1.29, 1.82) is 0 Å². The Morgan fingerprint density at radius 3 is 2.67 bits per heavy atom. The number of carbonyl (C=O) groups is 1. The zero-order valence-electron chi connectivity index (χ0n) is 17.3. The zero-order valence-corrected chi connectivity index (χ0v) is 18.9. The van der Waals surface area contributed by atoms with Crippen molar-refractivity contribution in [2.24, 2.45) is 4.99 Å². The Morgan fingerprint density at radius 1 is 1.27 bits per heavy atom. The van der Waals surface area contributed by atoms with E-state index in [4.69, 9.17) is 11.6 Å². The molecule has 0 N–H and O–H groups in total. The molecule has 1 aromatic carbocycles. The molecule has 1 aliphatic heterocycles. The maximum atomic E-state index is 13.2. The molecule has 0 bridgehead atoms. The summed E-state index contributed by atoms with van der Waals surface area (Å²) in [7, 11) is 2.06. The molecule has 3 heterocycles. The van der Waals surface area contributed by atoms with Gasteiger partial charge in [-0.3, -0.25) is 9.79 Å². The lowest BCUT2D eigenvalue weighted by Crippen LogP contribution is -2.30. The highest BCUT2D eigenvalue weighted by Gasteiger charge is 2.23. The molecular formula is C22H24ClN5OS. The van der Waals surface area contributed by atoms with E-state index in [-0.39, 0.29) is 5.91 Å². The lowest BCUT2D eigenvalue weighted by Gasteiger charge is -2.18. The number of nitrogens with zero attached hydrogens (tertiary/aromatic N) is 5. The van der Waals surface area contributed by atoms with Crippen molar-refractivity contribution >= 4 is 40.4 Å². The minimum Gasteiger partial charge on any atom is -0.358 e. The summed E-state index contributed by atoms with van der Waals surface area (Å²) in [5, 5.41) is 4.48. The van der Waals surface area contributed by atoms with E-state index in [0.29, 0.717) is 15.8 Å². The van der Waals surface area contributed by atoms with E-state index in [1.807, 2.05) is 38.2 Å². The lowest BCUT2D eigenvalue weighted by molar-refractivity contribution is 0.0991. The first-order valence-corrected chi connectivity index (χ1v) is 11.2. The number of likely N-dealkylation sites (N-methyl/N-ethyl adjacent to an activating group) is 1. The summed E-state index contributed by atoms with van der Waals surface area (Å²) < 4.78 is 2.43. The fourth-order valence-electron chi connectivity index (χ4n) is 3.61. The Hall–Kier alpha value is -2.64. The molecule has 8 heteroatoms. The molecule has 6 nitrogen and oxygen atoms in total. The number of rotatable bonds is 6. The fourth-order valence-corrected chi connectivity index (χ4v) is 4.90. The maximum Gasteiger partial charge on any atom is 0.268 e. The molecule has 156 valence electrons. The van der Waals surface area contributed by atoms with Gasteiger partial charge in [-0.15, -0.1) is 11.3 Å². The van der Waals surface area contributed by atoms with Gasteiger partial charge in [-0.25, -0.2) is 4.68 Å². The molecule has 1 aliphatic rings. The van der Waals surface area contributed by atoms with E-state index in [9.17, 15) is 4.79 Å². The number of anilines is 1. The number of amidine groups is 1. The van der Waals surface area contributed by atoms with E-state index in [1.165, 1.54) is 11.3 Å². The first-order valence-electron chi connectivity index (χ1n) is 10.0. The Labute approximate surface area is 185 Å². The fraction of sp³-hybridized carbons (Fsp3) is 0.318. The third-order valence-electron chi connectivity index (χ3n) is 5.24. The number of hydrogen-bond acceptors (Lipinski definition) is 5. The quantitative estimate of drug-likeness (QED) is 0.565. The van der Waals surface area contributed by atoms with Gasteiger partial charge in [-0.05, 0) is 49.2 Å². The summed E-state index contributed by atoms with van der Waals surface area (Å²) in [6.45, 7) is 6.34. The van der Waals surface area contributed by atoms with Gasteiger partial charge in [0.05, 0.1) is 39.5 Å². The first kappa shape index (κ1) is 20.6. The summed E-state index contributed by atoms with van der Waals surface area (Å²) >= 11 is 7.49. The number of aliphatic imine (C=N–C) groups is 1. The van der Waals surface area contributed by atoms with Crippen LogP contribution in [-0.2, 0) is 6.42 Å².